The molecule has 27 heavy (non-hydrogen) atoms. The van der Waals surface area contributed by atoms with Crippen molar-refractivity contribution in [1.29, 1.82) is 0 Å². The predicted octanol–water partition coefficient (Wildman–Crippen LogP) is 3.41. The molecule has 1 amide bonds. The summed E-state index contributed by atoms with van der Waals surface area (Å²) in [5.74, 6) is 1.17. The minimum atomic E-state index is -0.634. The molecule has 0 atom stereocenters. The maximum Gasteiger partial charge on any atom is 0.234 e. The molecule has 4 N–H and O–H groups in total. The molecule has 6 nitrogen and oxygen atoms in total. The largest absolute Gasteiger partial charge is 0.325 e. The van der Waals surface area contributed by atoms with Gasteiger partial charge in [-0.05, 0) is 55.7 Å². The molecule has 0 saturated heterocycles. The highest BCUT2D eigenvalue weighted by Crippen LogP contribution is 2.26. The number of rotatable bonds is 6. The molecule has 6 heteroatoms. The highest BCUT2D eigenvalue weighted by Gasteiger charge is 2.29. The summed E-state index contributed by atoms with van der Waals surface area (Å²) in [6, 6.07) is 15.7. The third-order valence-corrected chi connectivity index (χ3v) is 4.78. The number of anilines is 1. The molecule has 3 rings (SSSR count). The van der Waals surface area contributed by atoms with Crippen LogP contribution in [0.4, 0.5) is 5.69 Å². The molecule has 0 bridgehead atoms. The number of nitrogens with zero attached hydrogens (tertiary/aromatic N) is 2. The van der Waals surface area contributed by atoms with Crippen LogP contribution in [0, 0.1) is 0 Å². The molecule has 0 saturated carbocycles. The normalized spacial score (nSPS) is 11.4. The van der Waals surface area contributed by atoms with Crippen molar-refractivity contribution in [3.05, 3.63) is 65.5 Å². The third-order valence-electron chi connectivity index (χ3n) is 4.78. The summed E-state index contributed by atoms with van der Waals surface area (Å²) in [6.07, 6.45) is 0.983. The van der Waals surface area contributed by atoms with Crippen molar-refractivity contribution in [2.45, 2.75) is 39.2 Å². The van der Waals surface area contributed by atoms with E-state index in [9.17, 15) is 4.79 Å². The Kier molecular flexibility index (Phi) is 5.37. The topological polar surface area (TPSA) is 96.7 Å². The van der Waals surface area contributed by atoms with Gasteiger partial charge in [0.15, 0.2) is 5.82 Å². The van der Waals surface area contributed by atoms with E-state index in [-0.39, 0.29) is 5.91 Å². The van der Waals surface area contributed by atoms with E-state index in [0.29, 0.717) is 18.2 Å². The summed E-state index contributed by atoms with van der Waals surface area (Å²) in [5, 5.41) is 9.93. The molecule has 1 aromatic heterocycles. The summed E-state index contributed by atoms with van der Waals surface area (Å²) >= 11 is 0. The number of aromatic amines is 1. The van der Waals surface area contributed by atoms with E-state index < -0.39 is 5.41 Å². The zero-order chi connectivity index (χ0) is 19.4. The van der Waals surface area contributed by atoms with E-state index in [4.69, 9.17) is 5.73 Å². The zero-order valence-electron chi connectivity index (χ0n) is 15.9. The monoisotopic (exact) mass is 363 g/mol. The number of hydrogen-bond donors (Lipinski definition) is 3. The van der Waals surface area contributed by atoms with Crippen LogP contribution in [0.3, 0.4) is 0 Å². The van der Waals surface area contributed by atoms with Crippen molar-refractivity contribution in [2.75, 3.05) is 5.32 Å². The molecule has 0 aliphatic carbocycles. The van der Waals surface area contributed by atoms with Gasteiger partial charge in [-0.3, -0.25) is 9.89 Å². The first-order chi connectivity index (χ1) is 12.9. The summed E-state index contributed by atoms with van der Waals surface area (Å²) in [7, 11) is 0. The minimum absolute atomic E-state index is 0.0530. The fourth-order valence-corrected chi connectivity index (χ4v) is 2.79. The second-order valence-electron chi connectivity index (χ2n) is 7.02. The molecule has 1 heterocycles. The van der Waals surface area contributed by atoms with Crippen LogP contribution < -0.4 is 11.1 Å². The van der Waals surface area contributed by atoms with E-state index in [1.54, 1.807) is 0 Å². The molecular weight excluding hydrogens is 338 g/mol. The Morgan fingerprint density at radius 1 is 1.11 bits per heavy atom. The fraction of sp³-hybridized carbons (Fsp3) is 0.286. The van der Waals surface area contributed by atoms with Gasteiger partial charge in [-0.2, -0.15) is 5.10 Å². The van der Waals surface area contributed by atoms with Gasteiger partial charge in [0.2, 0.25) is 5.91 Å². The number of H-pyrrole nitrogens is 1. The van der Waals surface area contributed by atoms with Gasteiger partial charge in [0.1, 0.15) is 5.82 Å². The molecule has 0 aliphatic heterocycles. The van der Waals surface area contributed by atoms with Gasteiger partial charge >= 0.3 is 0 Å². The van der Waals surface area contributed by atoms with Crippen LogP contribution in [0.2, 0.25) is 0 Å². The lowest BCUT2D eigenvalue weighted by atomic mass is 9.83. The van der Waals surface area contributed by atoms with Crippen molar-refractivity contribution in [2.24, 2.45) is 5.73 Å². The van der Waals surface area contributed by atoms with Crippen LogP contribution in [0.5, 0.6) is 0 Å². The predicted molar refractivity (Wildman–Crippen MR) is 107 cm³/mol. The number of nitrogens with one attached hydrogen (secondary N) is 2. The Labute approximate surface area is 159 Å². The average molecular weight is 363 g/mol. The Bertz CT molecular complexity index is 911. The van der Waals surface area contributed by atoms with E-state index in [1.165, 1.54) is 5.56 Å². The van der Waals surface area contributed by atoms with Crippen molar-refractivity contribution in [3.8, 4) is 11.4 Å². The van der Waals surface area contributed by atoms with Crippen LogP contribution in [0.15, 0.2) is 48.5 Å². The van der Waals surface area contributed by atoms with Crippen molar-refractivity contribution in [3.63, 3.8) is 0 Å². The average Bonchev–Trinajstić information content (AvgIpc) is 3.18. The summed E-state index contributed by atoms with van der Waals surface area (Å²) < 4.78 is 0. The molecule has 0 spiro atoms. The number of carbonyl (C=O) groups excluding carboxylic acids is 1. The minimum Gasteiger partial charge on any atom is -0.325 e. The first kappa shape index (κ1) is 18.8. The standard InChI is InChI=1S/C21H25N5O/c1-4-14-5-9-16(10-6-14)21(2,3)20(27)23-17-11-7-15(8-12-17)19-24-18(13-22)25-26-19/h5-12H,4,13,22H2,1-3H3,(H,23,27)(H,24,25,26). The summed E-state index contributed by atoms with van der Waals surface area (Å²) in [4.78, 5) is 17.1. The molecule has 0 fully saturated rings. The highest BCUT2D eigenvalue weighted by molar-refractivity contribution is 5.98. The maximum atomic E-state index is 12.8. The number of amides is 1. The number of carbonyl (C=O) groups is 1. The Hall–Kier alpha value is -2.99. The number of aryl methyl sites for hydroxylation is 1. The highest BCUT2D eigenvalue weighted by atomic mass is 16.2. The molecule has 140 valence electrons. The number of benzene rings is 2. The van der Waals surface area contributed by atoms with Gasteiger partial charge in [0, 0.05) is 11.3 Å². The van der Waals surface area contributed by atoms with Crippen molar-refractivity contribution >= 4 is 11.6 Å². The number of nitrogens with two attached hydrogens (primary N) is 1. The second-order valence-corrected chi connectivity index (χ2v) is 7.02. The molecule has 0 radical (unpaired) electrons. The number of aromatic nitrogens is 3. The van der Waals surface area contributed by atoms with Crippen molar-refractivity contribution in [1.82, 2.24) is 15.2 Å². The van der Waals surface area contributed by atoms with Gasteiger partial charge < -0.3 is 11.1 Å². The molecule has 0 aliphatic rings. The Morgan fingerprint density at radius 2 is 1.78 bits per heavy atom. The van der Waals surface area contributed by atoms with E-state index >= 15 is 0 Å². The Balaban J connectivity index is 1.72. The van der Waals surface area contributed by atoms with Gasteiger partial charge in [-0.15, -0.1) is 0 Å². The van der Waals surface area contributed by atoms with Gasteiger partial charge in [-0.25, -0.2) is 4.98 Å². The zero-order valence-corrected chi connectivity index (χ0v) is 15.9. The van der Waals surface area contributed by atoms with Gasteiger partial charge in [0.25, 0.3) is 0 Å². The fourth-order valence-electron chi connectivity index (χ4n) is 2.79. The Morgan fingerprint density at radius 3 is 2.33 bits per heavy atom. The van der Waals surface area contributed by atoms with Crippen LogP contribution >= 0.6 is 0 Å². The van der Waals surface area contributed by atoms with E-state index in [1.807, 2.05) is 50.2 Å². The SMILES string of the molecule is CCc1ccc(C(C)(C)C(=O)Nc2ccc(-c3n[nH]c(CN)n3)cc2)cc1. The number of hydrogen-bond acceptors (Lipinski definition) is 4. The van der Waals surface area contributed by atoms with E-state index in [0.717, 1.165) is 23.2 Å². The van der Waals surface area contributed by atoms with Gasteiger partial charge in [-0.1, -0.05) is 31.2 Å². The summed E-state index contributed by atoms with van der Waals surface area (Å²) in [5.41, 5.74) is 8.75. The first-order valence-corrected chi connectivity index (χ1v) is 9.06. The van der Waals surface area contributed by atoms with Crippen LogP contribution in [0.25, 0.3) is 11.4 Å². The first-order valence-electron chi connectivity index (χ1n) is 9.06. The smallest absolute Gasteiger partial charge is 0.234 e. The lowest BCUT2D eigenvalue weighted by Crippen LogP contribution is -2.34. The van der Waals surface area contributed by atoms with Crippen LogP contribution in [-0.4, -0.2) is 21.1 Å². The molecular formula is C21H25N5O. The van der Waals surface area contributed by atoms with Crippen LogP contribution in [0.1, 0.15) is 37.7 Å². The third kappa shape index (κ3) is 4.06. The molecule has 3 aromatic rings. The van der Waals surface area contributed by atoms with E-state index in [2.05, 4.69) is 39.6 Å². The van der Waals surface area contributed by atoms with Crippen molar-refractivity contribution < 1.29 is 4.79 Å². The lowest BCUT2D eigenvalue weighted by molar-refractivity contribution is -0.120. The lowest BCUT2D eigenvalue weighted by Gasteiger charge is -2.24. The maximum absolute atomic E-state index is 12.8. The molecule has 2 aromatic carbocycles. The van der Waals surface area contributed by atoms with Gasteiger partial charge in [0.05, 0.1) is 12.0 Å². The quantitative estimate of drug-likeness (QED) is 0.625. The second kappa shape index (κ2) is 7.72. The summed E-state index contributed by atoms with van der Waals surface area (Å²) in [6.45, 7) is 6.29. The van der Waals surface area contributed by atoms with Crippen LogP contribution in [-0.2, 0) is 23.2 Å². The molecule has 0 unspecified atom stereocenters.